The summed E-state index contributed by atoms with van der Waals surface area (Å²) in [5.74, 6) is 0.708. The van der Waals surface area contributed by atoms with Crippen molar-refractivity contribution in [2.75, 3.05) is 27.3 Å². The predicted octanol–water partition coefficient (Wildman–Crippen LogP) is 1.95. The second kappa shape index (κ2) is 5.76. The highest BCUT2D eigenvalue weighted by molar-refractivity contribution is 5.54. The molecule has 0 amide bonds. The number of nitrogens with zero attached hydrogens (tertiary/aromatic N) is 1. The van der Waals surface area contributed by atoms with Crippen molar-refractivity contribution in [3.63, 3.8) is 0 Å². The number of hydrogen-bond donors (Lipinski definition) is 2. The first-order valence-corrected chi connectivity index (χ1v) is 8.67. The number of aliphatic hydroxyl groups excluding tert-OH is 1. The second-order valence-electron chi connectivity index (χ2n) is 7.04. The summed E-state index contributed by atoms with van der Waals surface area (Å²) in [5.41, 5.74) is 3.41. The number of benzene rings is 1. The van der Waals surface area contributed by atoms with E-state index in [1.165, 1.54) is 16.7 Å². The summed E-state index contributed by atoms with van der Waals surface area (Å²) in [6.45, 7) is 2.01. The predicted molar refractivity (Wildman–Crippen MR) is 90.4 cm³/mol. The van der Waals surface area contributed by atoms with E-state index in [0.29, 0.717) is 5.75 Å². The van der Waals surface area contributed by atoms with Crippen molar-refractivity contribution in [3.05, 3.63) is 34.9 Å². The Morgan fingerprint density at radius 3 is 2.79 bits per heavy atom. The maximum Gasteiger partial charge on any atom is 0.160 e. The van der Waals surface area contributed by atoms with Gasteiger partial charge in [-0.3, -0.25) is 4.90 Å². The molecule has 1 spiro atoms. The number of hydrogen-bond acceptors (Lipinski definition) is 5. The van der Waals surface area contributed by atoms with Crippen molar-refractivity contribution < 1.29 is 19.7 Å². The molecule has 0 unspecified atom stereocenters. The van der Waals surface area contributed by atoms with E-state index in [9.17, 15) is 10.2 Å². The minimum atomic E-state index is -0.554. The van der Waals surface area contributed by atoms with Crippen LogP contribution in [0.1, 0.15) is 30.4 Å². The number of phenols is 1. The van der Waals surface area contributed by atoms with Crippen molar-refractivity contribution in [2.45, 2.75) is 43.4 Å². The van der Waals surface area contributed by atoms with E-state index < -0.39 is 6.10 Å². The molecule has 2 aliphatic heterocycles. The maximum absolute atomic E-state index is 10.4. The number of ether oxygens (including phenoxy) is 2. The van der Waals surface area contributed by atoms with Crippen LogP contribution in [0.15, 0.2) is 23.8 Å². The van der Waals surface area contributed by atoms with E-state index in [1.807, 2.05) is 18.2 Å². The van der Waals surface area contributed by atoms with Crippen molar-refractivity contribution in [3.8, 4) is 11.5 Å². The third-order valence-electron chi connectivity index (χ3n) is 6.00. The molecule has 0 aromatic heterocycles. The fraction of sp³-hybridized carbons (Fsp3) is 0.579. The standard InChI is InChI=1S/C19H25NO4/c1-23-17-10-14-12(8-15(17)21)4-3-6-20-7-5-13-9-16(22)18(24-2)11-19(13,14)20/h8-10,16,18,21-22H,3-7,11H2,1-2H3/t16-,18+,19-/m0/s1. The lowest BCUT2D eigenvalue weighted by Gasteiger charge is -2.45. The Morgan fingerprint density at radius 2 is 2.04 bits per heavy atom. The van der Waals surface area contributed by atoms with Gasteiger partial charge >= 0.3 is 0 Å². The van der Waals surface area contributed by atoms with Crippen molar-refractivity contribution in [1.29, 1.82) is 0 Å². The third-order valence-corrected chi connectivity index (χ3v) is 6.00. The molecule has 1 aliphatic carbocycles. The van der Waals surface area contributed by atoms with E-state index in [4.69, 9.17) is 9.47 Å². The number of aryl methyl sites for hydroxylation is 1. The minimum absolute atomic E-state index is 0.198. The first-order chi connectivity index (χ1) is 11.6. The van der Waals surface area contributed by atoms with E-state index in [1.54, 1.807) is 14.2 Å². The molecule has 130 valence electrons. The van der Waals surface area contributed by atoms with Crippen LogP contribution in [0.4, 0.5) is 0 Å². The molecule has 3 atom stereocenters. The van der Waals surface area contributed by atoms with Gasteiger partial charge in [-0.05, 0) is 54.6 Å². The number of rotatable bonds is 2. The Hall–Kier alpha value is -1.56. The zero-order valence-corrected chi connectivity index (χ0v) is 14.3. The highest BCUT2D eigenvalue weighted by atomic mass is 16.5. The molecule has 4 rings (SSSR count). The van der Waals surface area contributed by atoms with Gasteiger partial charge < -0.3 is 19.7 Å². The fourth-order valence-corrected chi connectivity index (χ4v) is 4.87. The Kier molecular flexibility index (Phi) is 3.82. The minimum Gasteiger partial charge on any atom is -0.504 e. The van der Waals surface area contributed by atoms with Gasteiger partial charge in [-0.1, -0.05) is 6.08 Å². The molecule has 1 aromatic rings. The Morgan fingerprint density at radius 1 is 1.21 bits per heavy atom. The number of aliphatic hydroxyl groups is 1. The number of methoxy groups -OCH3 is 2. The highest BCUT2D eigenvalue weighted by Crippen LogP contribution is 2.53. The van der Waals surface area contributed by atoms with Gasteiger partial charge in [0.1, 0.15) is 0 Å². The topological polar surface area (TPSA) is 62.2 Å². The second-order valence-corrected chi connectivity index (χ2v) is 7.04. The summed E-state index contributed by atoms with van der Waals surface area (Å²) in [6.07, 6.45) is 4.92. The van der Waals surface area contributed by atoms with Crippen LogP contribution in [0.2, 0.25) is 0 Å². The van der Waals surface area contributed by atoms with Gasteiger partial charge in [0.15, 0.2) is 11.5 Å². The van der Waals surface area contributed by atoms with Crippen LogP contribution >= 0.6 is 0 Å². The van der Waals surface area contributed by atoms with Crippen LogP contribution in [0.3, 0.4) is 0 Å². The maximum atomic E-state index is 10.4. The molecule has 3 aliphatic rings. The number of fused-ring (bicyclic) bond motifs is 1. The zero-order chi connectivity index (χ0) is 16.9. The lowest BCUT2D eigenvalue weighted by atomic mass is 9.72. The van der Waals surface area contributed by atoms with Crippen molar-refractivity contribution >= 4 is 0 Å². The van der Waals surface area contributed by atoms with E-state index in [0.717, 1.165) is 38.8 Å². The van der Waals surface area contributed by atoms with Crippen molar-refractivity contribution in [2.24, 2.45) is 0 Å². The number of phenolic OH excluding ortho intramolecular Hbond substituents is 1. The molecule has 5 nitrogen and oxygen atoms in total. The summed E-state index contributed by atoms with van der Waals surface area (Å²) < 4.78 is 11.0. The van der Waals surface area contributed by atoms with Gasteiger partial charge in [0.25, 0.3) is 0 Å². The normalized spacial score (nSPS) is 32.4. The summed E-state index contributed by atoms with van der Waals surface area (Å²) >= 11 is 0. The Balaban J connectivity index is 1.94. The monoisotopic (exact) mass is 331 g/mol. The van der Waals surface area contributed by atoms with Gasteiger partial charge in [0.05, 0.1) is 24.9 Å². The Labute approximate surface area is 142 Å². The first kappa shape index (κ1) is 15.9. The van der Waals surface area contributed by atoms with E-state index in [-0.39, 0.29) is 17.4 Å². The average molecular weight is 331 g/mol. The molecule has 0 saturated carbocycles. The van der Waals surface area contributed by atoms with Gasteiger partial charge in [0.2, 0.25) is 0 Å². The fourth-order valence-electron chi connectivity index (χ4n) is 4.87. The smallest absolute Gasteiger partial charge is 0.160 e. The van der Waals surface area contributed by atoms with Crippen LogP contribution in [0.5, 0.6) is 11.5 Å². The molecule has 5 heteroatoms. The van der Waals surface area contributed by atoms with Gasteiger partial charge in [-0.25, -0.2) is 0 Å². The van der Waals surface area contributed by atoms with Gasteiger partial charge in [-0.15, -0.1) is 0 Å². The zero-order valence-electron chi connectivity index (χ0n) is 14.3. The molecule has 0 bridgehead atoms. The first-order valence-electron chi connectivity index (χ1n) is 8.67. The number of aromatic hydroxyl groups is 1. The quantitative estimate of drug-likeness (QED) is 0.811. The molecule has 1 aromatic carbocycles. The molecule has 24 heavy (non-hydrogen) atoms. The molecule has 2 heterocycles. The summed E-state index contributed by atoms with van der Waals surface area (Å²) in [6, 6.07) is 3.85. The van der Waals surface area contributed by atoms with Crippen LogP contribution in [-0.4, -0.2) is 54.6 Å². The van der Waals surface area contributed by atoms with E-state index >= 15 is 0 Å². The lowest BCUT2D eigenvalue weighted by Crippen LogP contribution is -2.49. The highest BCUT2D eigenvalue weighted by Gasteiger charge is 2.52. The largest absolute Gasteiger partial charge is 0.504 e. The van der Waals surface area contributed by atoms with Crippen LogP contribution < -0.4 is 4.74 Å². The molecular formula is C19H25NO4. The summed E-state index contributed by atoms with van der Waals surface area (Å²) in [7, 11) is 3.25. The Bertz CT molecular complexity index is 686. The van der Waals surface area contributed by atoms with Gasteiger partial charge in [0, 0.05) is 20.1 Å². The van der Waals surface area contributed by atoms with Crippen LogP contribution in [0.25, 0.3) is 0 Å². The van der Waals surface area contributed by atoms with Crippen molar-refractivity contribution in [1.82, 2.24) is 4.90 Å². The SMILES string of the molecule is COc1cc2c(cc1O)CCCN1CCC3=C[C@H](O)[C@H](OC)C[C@]321. The molecule has 1 fully saturated rings. The van der Waals surface area contributed by atoms with E-state index in [2.05, 4.69) is 4.90 Å². The van der Waals surface area contributed by atoms with Crippen LogP contribution in [-0.2, 0) is 16.7 Å². The lowest BCUT2D eigenvalue weighted by molar-refractivity contribution is -0.0318. The molecular weight excluding hydrogens is 306 g/mol. The third kappa shape index (κ3) is 2.11. The summed E-state index contributed by atoms with van der Waals surface area (Å²) in [4.78, 5) is 2.53. The summed E-state index contributed by atoms with van der Waals surface area (Å²) in [5, 5.41) is 20.6. The average Bonchev–Trinajstić information content (AvgIpc) is 2.85. The molecule has 0 radical (unpaired) electrons. The van der Waals surface area contributed by atoms with Crippen LogP contribution in [0, 0.1) is 0 Å². The molecule has 2 N–H and O–H groups in total. The van der Waals surface area contributed by atoms with Gasteiger partial charge in [-0.2, -0.15) is 0 Å². The molecule has 1 saturated heterocycles.